The summed E-state index contributed by atoms with van der Waals surface area (Å²) in [4.78, 5) is 23.6. The quantitative estimate of drug-likeness (QED) is 0.785. The predicted molar refractivity (Wildman–Crippen MR) is 92.6 cm³/mol. The molecule has 1 N–H and O–H groups in total. The van der Waals surface area contributed by atoms with Gasteiger partial charge in [-0.05, 0) is 55.5 Å². The van der Waals surface area contributed by atoms with E-state index in [1.807, 2.05) is 0 Å². The average molecular weight is 368 g/mol. The molecule has 0 saturated heterocycles. The largest absolute Gasteiger partial charge is 0.479 e. The Morgan fingerprint density at radius 3 is 2.12 bits per heavy atom. The van der Waals surface area contributed by atoms with E-state index < -0.39 is 24.6 Å². The maximum absolute atomic E-state index is 11.8. The number of halogens is 2. The lowest BCUT2D eigenvalue weighted by Gasteiger charge is -2.14. The van der Waals surface area contributed by atoms with E-state index in [9.17, 15) is 9.59 Å². The van der Waals surface area contributed by atoms with Crippen LogP contribution in [0.2, 0.25) is 10.0 Å². The molecule has 2 aromatic carbocycles. The highest BCUT2D eigenvalue weighted by Gasteiger charge is 2.17. The molecule has 126 valence electrons. The van der Waals surface area contributed by atoms with Crippen LogP contribution in [0.25, 0.3) is 0 Å². The maximum Gasteiger partial charge on any atom is 0.347 e. The summed E-state index contributed by atoms with van der Waals surface area (Å²) in [7, 11) is 0. The number of amides is 1. The third-order valence-corrected chi connectivity index (χ3v) is 3.44. The number of ether oxygens (including phenoxy) is 2. The van der Waals surface area contributed by atoms with Gasteiger partial charge >= 0.3 is 5.97 Å². The van der Waals surface area contributed by atoms with E-state index in [-0.39, 0.29) is 0 Å². The topological polar surface area (TPSA) is 64.6 Å². The van der Waals surface area contributed by atoms with Crippen LogP contribution in [0.4, 0.5) is 5.69 Å². The second kappa shape index (κ2) is 8.57. The fourth-order valence-corrected chi connectivity index (χ4v) is 2.00. The number of hydrogen-bond donors (Lipinski definition) is 1. The molecule has 5 nitrogen and oxygen atoms in total. The number of rotatable bonds is 6. The van der Waals surface area contributed by atoms with E-state index in [4.69, 9.17) is 32.7 Å². The maximum atomic E-state index is 11.8. The summed E-state index contributed by atoms with van der Waals surface area (Å²) in [5.41, 5.74) is 0.561. The molecule has 24 heavy (non-hydrogen) atoms. The smallest absolute Gasteiger partial charge is 0.347 e. The number of anilines is 1. The summed E-state index contributed by atoms with van der Waals surface area (Å²) >= 11 is 11.5. The van der Waals surface area contributed by atoms with Gasteiger partial charge < -0.3 is 14.8 Å². The number of carbonyl (C=O) groups excluding carboxylic acids is 2. The Bertz CT molecular complexity index is 702. The summed E-state index contributed by atoms with van der Waals surface area (Å²) < 4.78 is 10.3. The second-order valence-corrected chi connectivity index (χ2v) is 5.75. The molecule has 0 bridgehead atoms. The standard InChI is InChI=1S/C17H15Cl2NO4/c1-11(24-15-8-4-13(19)5-9-15)17(22)23-10-16(21)20-14-6-2-12(18)3-7-14/h2-9,11H,10H2,1H3,(H,20,21)/t11-/m0/s1. The van der Waals surface area contributed by atoms with Crippen LogP contribution in [-0.4, -0.2) is 24.6 Å². The number of esters is 1. The minimum Gasteiger partial charge on any atom is -0.479 e. The molecular weight excluding hydrogens is 353 g/mol. The lowest BCUT2D eigenvalue weighted by Crippen LogP contribution is -2.29. The SMILES string of the molecule is C[C@H](Oc1ccc(Cl)cc1)C(=O)OCC(=O)Nc1ccc(Cl)cc1. The Balaban J connectivity index is 1.77. The first kappa shape index (κ1) is 18.1. The van der Waals surface area contributed by atoms with Crippen LogP contribution in [-0.2, 0) is 14.3 Å². The first-order valence-electron chi connectivity index (χ1n) is 7.08. The third kappa shape index (κ3) is 5.76. The molecule has 0 aliphatic heterocycles. The first-order valence-corrected chi connectivity index (χ1v) is 7.84. The molecule has 2 rings (SSSR count). The average Bonchev–Trinajstić information content (AvgIpc) is 2.57. The number of benzene rings is 2. The normalized spacial score (nSPS) is 11.5. The van der Waals surface area contributed by atoms with Crippen LogP contribution in [0.1, 0.15) is 6.92 Å². The van der Waals surface area contributed by atoms with Crippen LogP contribution in [0.5, 0.6) is 5.75 Å². The highest BCUT2D eigenvalue weighted by atomic mass is 35.5. The molecule has 0 aliphatic rings. The van der Waals surface area contributed by atoms with Crippen LogP contribution in [0.15, 0.2) is 48.5 Å². The molecule has 0 fully saturated rings. The summed E-state index contributed by atoms with van der Waals surface area (Å²) in [6, 6.07) is 13.2. The van der Waals surface area contributed by atoms with Crippen molar-refractivity contribution in [2.45, 2.75) is 13.0 Å². The predicted octanol–water partition coefficient (Wildman–Crippen LogP) is 3.94. The van der Waals surface area contributed by atoms with Gasteiger partial charge in [-0.1, -0.05) is 23.2 Å². The molecule has 0 aromatic heterocycles. The van der Waals surface area contributed by atoms with Crippen LogP contribution in [0.3, 0.4) is 0 Å². The van der Waals surface area contributed by atoms with Crippen molar-refractivity contribution in [2.24, 2.45) is 0 Å². The Morgan fingerprint density at radius 1 is 1.00 bits per heavy atom. The molecule has 7 heteroatoms. The zero-order chi connectivity index (χ0) is 17.5. The molecule has 0 aliphatic carbocycles. The van der Waals surface area contributed by atoms with Gasteiger partial charge in [0.1, 0.15) is 5.75 Å². The Labute approximate surface area is 149 Å². The summed E-state index contributed by atoms with van der Waals surface area (Å²) in [6.07, 6.45) is -0.852. The third-order valence-electron chi connectivity index (χ3n) is 2.93. The molecule has 0 saturated carbocycles. The van der Waals surface area contributed by atoms with Crippen molar-refractivity contribution in [1.29, 1.82) is 0 Å². The summed E-state index contributed by atoms with van der Waals surface area (Å²) in [5.74, 6) is -0.616. The van der Waals surface area contributed by atoms with Gasteiger partial charge in [0.2, 0.25) is 0 Å². The van der Waals surface area contributed by atoms with Crippen LogP contribution in [0, 0.1) is 0 Å². The molecule has 0 spiro atoms. The Kier molecular flexibility index (Phi) is 6.46. The van der Waals surface area contributed by atoms with E-state index in [1.165, 1.54) is 6.92 Å². The van der Waals surface area contributed by atoms with Crippen LogP contribution < -0.4 is 10.1 Å². The van der Waals surface area contributed by atoms with Crippen molar-refractivity contribution < 1.29 is 19.1 Å². The fraction of sp³-hybridized carbons (Fsp3) is 0.176. The lowest BCUT2D eigenvalue weighted by atomic mass is 10.3. The minimum atomic E-state index is -0.852. The minimum absolute atomic E-state index is 0.407. The highest BCUT2D eigenvalue weighted by molar-refractivity contribution is 6.30. The lowest BCUT2D eigenvalue weighted by molar-refractivity contribution is -0.153. The van der Waals surface area contributed by atoms with Crippen LogP contribution >= 0.6 is 23.2 Å². The summed E-state index contributed by atoms with van der Waals surface area (Å²) in [6.45, 7) is 1.13. The molecule has 0 heterocycles. The van der Waals surface area contributed by atoms with Crippen molar-refractivity contribution >= 4 is 40.8 Å². The molecule has 1 amide bonds. The Morgan fingerprint density at radius 2 is 1.54 bits per heavy atom. The van der Waals surface area contributed by atoms with Gasteiger partial charge in [-0.25, -0.2) is 4.79 Å². The van der Waals surface area contributed by atoms with Crippen molar-refractivity contribution in [1.82, 2.24) is 0 Å². The molecule has 0 unspecified atom stereocenters. The van der Waals surface area contributed by atoms with Gasteiger partial charge in [0, 0.05) is 15.7 Å². The molecule has 1 atom stereocenters. The molecule has 2 aromatic rings. The van der Waals surface area contributed by atoms with Gasteiger partial charge in [0.25, 0.3) is 5.91 Å². The van der Waals surface area contributed by atoms with Gasteiger partial charge in [-0.3, -0.25) is 4.79 Å². The van der Waals surface area contributed by atoms with E-state index in [0.29, 0.717) is 21.5 Å². The van der Waals surface area contributed by atoms with Gasteiger partial charge in [-0.15, -0.1) is 0 Å². The second-order valence-electron chi connectivity index (χ2n) is 4.88. The van der Waals surface area contributed by atoms with E-state index in [2.05, 4.69) is 5.32 Å². The van der Waals surface area contributed by atoms with Crippen molar-refractivity contribution in [3.05, 3.63) is 58.6 Å². The number of carbonyl (C=O) groups is 2. The first-order chi connectivity index (χ1) is 11.4. The summed E-state index contributed by atoms with van der Waals surface area (Å²) in [5, 5.41) is 3.72. The fourth-order valence-electron chi connectivity index (χ4n) is 1.75. The number of nitrogens with one attached hydrogen (secondary N) is 1. The number of hydrogen-bond acceptors (Lipinski definition) is 4. The van der Waals surface area contributed by atoms with Crippen molar-refractivity contribution in [3.63, 3.8) is 0 Å². The van der Waals surface area contributed by atoms with Gasteiger partial charge in [0.15, 0.2) is 12.7 Å². The van der Waals surface area contributed by atoms with E-state index in [0.717, 1.165) is 0 Å². The zero-order valence-corrected chi connectivity index (χ0v) is 14.3. The van der Waals surface area contributed by atoms with Gasteiger partial charge in [0.05, 0.1) is 0 Å². The van der Waals surface area contributed by atoms with E-state index in [1.54, 1.807) is 48.5 Å². The van der Waals surface area contributed by atoms with Crippen molar-refractivity contribution in [3.8, 4) is 5.75 Å². The Hall–Kier alpha value is -2.24. The molecular formula is C17H15Cl2NO4. The highest BCUT2D eigenvalue weighted by Crippen LogP contribution is 2.17. The molecule has 0 radical (unpaired) electrons. The van der Waals surface area contributed by atoms with Gasteiger partial charge in [-0.2, -0.15) is 0 Å². The van der Waals surface area contributed by atoms with Crippen molar-refractivity contribution in [2.75, 3.05) is 11.9 Å². The monoisotopic (exact) mass is 367 g/mol. The zero-order valence-electron chi connectivity index (χ0n) is 12.8. The van der Waals surface area contributed by atoms with E-state index >= 15 is 0 Å².